The normalized spacial score (nSPS) is 18.6. The number of hydrogen-bond donors (Lipinski definition) is 1. The third kappa shape index (κ3) is 3.85. The number of piperidine rings is 1. The van der Waals surface area contributed by atoms with Gasteiger partial charge >= 0.3 is 0 Å². The van der Waals surface area contributed by atoms with Crippen molar-refractivity contribution in [1.82, 2.24) is 14.7 Å². The quantitative estimate of drug-likeness (QED) is 0.899. The summed E-state index contributed by atoms with van der Waals surface area (Å²) in [4.78, 5) is 10.6. The Hall–Kier alpha value is -1.70. The molecule has 0 saturated carbocycles. The first-order valence-electron chi connectivity index (χ1n) is 7.76. The third-order valence-electron chi connectivity index (χ3n) is 3.96. The Morgan fingerprint density at radius 2 is 2.04 bits per heavy atom. The molecular weight excluding hydrogens is 348 g/mol. The van der Waals surface area contributed by atoms with Gasteiger partial charge in [-0.25, -0.2) is 23.1 Å². The Balaban J connectivity index is 1.75. The maximum absolute atomic E-state index is 12.6. The molecule has 2 aromatic rings. The summed E-state index contributed by atoms with van der Waals surface area (Å²) in [6.07, 6.45) is 5.00. The number of aryl methyl sites for hydroxylation is 1. The molecule has 1 fully saturated rings. The van der Waals surface area contributed by atoms with Crippen LogP contribution in [-0.4, -0.2) is 37.5 Å². The average molecular weight is 367 g/mol. The van der Waals surface area contributed by atoms with Crippen LogP contribution in [0.15, 0.2) is 41.6 Å². The molecule has 0 aliphatic carbocycles. The van der Waals surface area contributed by atoms with Gasteiger partial charge in [-0.2, -0.15) is 0 Å². The molecule has 24 heavy (non-hydrogen) atoms. The van der Waals surface area contributed by atoms with Crippen LogP contribution in [0.4, 0.5) is 5.95 Å². The van der Waals surface area contributed by atoms with Crippen molar-refractivity contribution >= 4 is 27.6 Å². The Morgan fingerprint density at radius 1 is 1.29 bits per heavy atom. The zero-order valence-corrected chi connectivity index (χ0v) is 14.9. The van der Waals surface area contributed by atoms with Gasteiger partial charge in [-0.05, 0) is 43.5 Å². The van der Waals surface area contributed by atoms with Crippen LogP contribution in [0.1, 0.15) is 18.4 Å². The van der Waals surface area contributed by atoms with Gasteiger partial charge in [0.25, 0.3) is 0 Å². The number of anilines is 1. The minimum Gasteiger partial charge on any atom is -0.339 e. The fourth-order valence-electron chi connectivity index (χ4n) is 2.82. The van der Waals surface area contributed by atoms with E-state index >= 15 is 0 Å². The van der Waals surface area contributed by atoms with Crippen molar-refractivity contribution in [1.29, 1.82) is 0 Å². The average Bonchev–Trinajstić information content (AvgIpc) is 2.55. The minimum absolute atomic E-state index is 0.114. The summed E-state index contributed by atoms with van der Waals surface area (Å²) in [5.41, 5.74) is 0.920. The lowest BCUT2D eigenvalue weighted by atomic mass is 10.1. The second kappa shape index (κ2) is 7.04. The van der Waals surface area contributed by atoms with E-state index in [-0.39, 0.29) is 16.0 Å². The number of nitrogens with zero attached hydrogens (tertiary/aromatic N) is 3. The zero-order valence-electron chi connectivity index (χ0n) is 13.3. The van der Waals surface area contributed by atoms with Crippen molar-refractivity contribution in [2.24, 2.45) is 0 Å². The fourth-order valence-corrected chi connectivity index (χ4v) is 4.68. The Morgan fingerprint density at radius 3 is 2.75 bits per heavy atom. The summed E-state index contributed by atoms with van der Waals surface area (Å²) >= 11 is 6.11. The molecular formula is C16H19ClN4O2S. The van der Waals surface area contributed by atoms with Crippen LogP contribution >= 0.6 is 11.6 Å². The maximum Gasteiger partial charge on any atom is 0.242 e. The van der Waals surface area contributed by atoms with E-state index in [0.29, 0.717) is 12.5 Å². The standard InChI is InChI=1S/C16H19ClN4O2S/c1-12-5-6-15(14(17)10-12)24(22,23)20-13-4-2-9-21(11-13)16-18-7-3-8-19-16/h3,5-8,10,13,20H,2,4,9,11H2,1H3. The molecule has 0 amide bonds. The summed E-state index contributed by atoms with van der Waals surface area (Å²) in [5, 5.41) is 0.238. The van der Waals surface area contributed by atoms with Gasteiger partial charge in [0.05, 0.1) is 5.02 Å². The Bertz CT molecular complexity index is 814. The highest BCUT2D eigenvalue weighted by Crippen LogP contribution is 2.24. The van der Waals surface area contributed by atoms with Crippen LogP contribution in [0.3, 0.4) is 0 Å². The predicted molar refractivity (Wildman–Crippen MR) is 93.8 cm³/mol. The fraction of sp³-hybridized carbons (Fsp3) is 0.375. The van der Waals surface area contributed by atoms with Crippen molar-refractivity contribution in [3.05, 3.63) is 47.2 Å². The van der Waals surface area contributed by atoms with Crippen molar-refractivity contribution < 1.29 is 8.42 Å². The number of aromatic nitrogens is 2. The molecule has 6 nitrogen and oxygen atoms in total. The molecule has 3 rings (SSSR count). The molecule has 1 aromatic carbocycles. The van der Waals surface area contributed by atoms with E-state index in [1.54, 1.807) is 36.7 Å². The largest absolute Gasteiger partial charge is 0.339 e. The Kier molecular flexibility index (Phi) is 5.03. The van der Waals surface area contributed by atoms with Crippen LogP contribution in [0.5, 0.6) is 0 Å². The molecule has 1 atom stereocenters. The number of benzene rings is 1. The number of halogens is 1. The number of sulfonamides is 1. The molecule has 8 heteroatoms. The van der Waals surface area contributed by atoms with Crippen molar-refractivity contribution in [2.75, 3.05) is 18.0 Å². The van der Waals surface area contributed by atoms with Crippen molar-refractivity contribution in [3.63, 3.8) is 0 Å². The topological polar surface area (TPSA) is 75.2 Å². The molecule has 0 spiro atoms. The second-order valence-corrected chi connectivity index (χ2v) is 7.98. The molecule has 0 bridgehead atoms. The first kappa shape index (κ1) is 17.1. The molecule has 2 heterocycles. The number of nitrogens with one attached hydrogen (secondary N) is 1. The summed E-state index contributed by atoms with van der Waals surface area (Å²) in [5.74, 6) is 0.620. The van der Waals surface area contributed by atoms with Gasteiger partial charge < -0.3 is 4.90 Å². The monoisotopic (exact) mass is 366 g/mol. The lowest BCUT2D eigenvalue weighted by Gasteiger charge is -2.32. The van der Waals surface area contributed by atoms with E-state index in [1.165, 1.54) is 0 Å². The number of rotatable bonds is 4. The maximum atomic E-state index is 12.6. The summed E-state index contributed by atoms with van der Waals surface area (Å²) in [6.45, 7) is 3.22. The first-order valence-corrected chi connectivity index (χ1v) is 9.62. The smallest absolute Gasteiger partial charge is 0.242 e. The van der Waals surface area contributed by atoms with E-state index in [9.17, 15) is 8.42 Å². The van der Waals surface area contributed by atoms with E-state index < -0.39 is 10.0 Å². The van der Waals surface area contributed by atoms with Gasteiger partial charge in [-0.3, -0.25) is 0 Å². The minimum atomic E-state index is -3.66. The van der Waals surface area contributed by atoms with Gasteiger partial charge in [0.2, 0.25) is 16.0 Å². The predicted octanol–water partition coefficient (Wildman–Crippen LogP) is 2.39. The van der Waals surface area contributed by atoms with E-state index in [2.05, 4.69) is 14.7 Å². The SMILES string of the molecule is Cc1ccc(S(=O)(=O)NC2CCCN(c3ncccn3)C2)c(Cl)c1. The lowest BCUT2D eigenvalue weighted by molar-refractivity contribution is 0.461. The zero-order chi connectivity index (χ0) is 17.2. The first-order chi connectivity index (χ1) is 11.5. The molecule has 1 unspecified atom stereocenters. The second-order valence-electron chi connectivity index (χ2n) is 5.89. The van der Waals surface area contributed by atoms with Gasteiger partial charge in [-0.15, -0.1) is 0 Å². The number of hydrogen-bond acceptors (Lipinski definition) is 5. The molecule has 1 aliphatic rings. The van der Waals surface area contributed by atoms with Gasteiger partial charge in [0.15, 0.2) is 0 Å². The van der Waals surface area contributed by atoms with Crippen LogP contribution in [0, 0.1) is 6.92 Å². The van der Waals surface area contributed by atoms with Crippen LogP contribution in [0.2, 0.25) is 5.02 Å². The van der Waals surface area contributed by atoms with Crippen molar-refractivity contribution in [2.45, 2.75) is 30.7 Å². The summed E-state index contributed by atoms with van der Waals surface area (Å²) in [6, 6.07) is 6.49. The molecule has 0 radical (unpaired) electrons. The van der Waals surface area contributed by atoms with Gasteiger partial charge in [0, 0.05) is 31.5 Å². The third-order valence-corrected chi connectivity index (χ3v) is 5.96. The van der Waals surface area contributed by atoms with E-state index in [0.717, 1.165) is 24.9 Å². The van der Waals surface area contributed by atoms with E-state index in [4.69, 9.17) is 11.6 Å². The molecule has 1 aromatic heterocycles. The van der Waals surface area contributed by atoms with Crippen LogP contribution in [0.25, 0.3) is 0 Å². The highest BCUT2D eigenvalue weighted by molar-refractivity contribution is 7.89. The van der Waals surface area contributed by atoms with Crippen LogP contribution in [-0.2, 0) is 10.0 Å². The molecule has 1 aliphatic heterocycles. The molecule has 1 saturated heterocycles. The highest BCUT2D eigenvalue weighted by atomic mass is 35.5. The molecule has 128 valence electrons. The van der Waals surface area contributed by atoms with Gasteiger partial charge in [0.1, 0.15) is 4.90 Å². The van der Waals surface area contributed by atoms with Crippen LogP contribution < -0.4 is 9.62 Å². The van der Waals surface area contributed by atoms with E-state index in [1.807, 2.05) is 11.8 Å². The molecule has 1 N–H and O–H groups in total. The summed E-state index contributed by atoms with van der Waals surface area (Å²) in [7, 11) is -3.66. The summed E-state index contributed by atoms with van der Waals surface area (Å²) < 4.78 is 28.0. The van der Waals surface area contributed by atoms with Crippen molar-refractivity contribution in [3.8, 4) is 0 Å². The Labute approximate surface area is 146 Å². The highest BCUT2D eigenvalue weighted by Gasteiger charge is 2.27. The van der Waals surface area contributed by atoms with Gasteiger partial charge in [-0.1, -0.05) is 17.7 Å². The lowest BCUT2D eigenvalue weighted by Crippen LogP contribution is -2.48.